The van der Waals surface area contributed by atoms with Crippen LogP contribution in [-0.2, 0) is 0 Å². The van der Waals surface area contributed by atoms with E-state index in [9.17, 15) is 0 Å². The maximum absolute atomic E-state index is 4.32. The van der Waals surface area contributed by atoms with Gasteiger partial charge in [-0.25, -0.2) is 0 Å². The van der Waals surface area contributed by atoms with Gasteiger partial charge in [0, 0.05) is 28.6 Å². The van der Waals surface area contributed by atoms with Gasteiger partial charge in [0.1, 0.15) is 0 Å². The molecule has 3 nitrogen and oxygen atoms in total. The number of anilines is 1. The van der Waals surface area contributed by atoms with Gasteiger partial charge in [-0.2, -0.15) is 9.36 Å². The van der Waals surface area contributed by atoms with E-state index < -0.39 is 0 Å². The summed E-state index contributed by atoms with van der Waals surface area (Å²) in [5, 5.41) is 3.80. The highest BCUT2D eigenvalue weighted by molar-refractivity contribution is 9.10. The Bertz CT molecular complexity index is 441. The van der Waals surface area contributed by atoms with E-state index in [0.29, 0.717) is 0 Å². The molecule has 0 atom stereocenters. The van der Waals surface area contributed by atoms with Crippen molar-refractivity contribution >= 4 is 32.6 Å². The summed E-state index contributed by atoms with van der Waals surface area (Å²) in [6.07, 6.45) is 0. The van der Waals surface area contributed by atoms with E-state index in [1.807, 2.05) is 31.3 Å². The van der Waals surface area contributed by atoms with Gasteiger partial charge in [0.05, 0.1) is 0 Å². The Morgan fingerprint density at radius 2 is 2.29 bits per heavy atom. The molecule has 0 saturated carbocycles. The van der Waals surface area contributed by atoms with Crippen molar-refractivity contribution in [3.8, 4) is 11.4 Å². The molecule has 0 aliphatic rings. The van der Waals surface area contributed by atoms with Crippen molar-refractivity contribution < 1.29 is 0 Å². The molecule has 1 aromatic heterocycles. The van der Waals surface area contributed by atoms with Crippen molar-refractivity contribution in [1.82, 2.24) is 9.36 Å². The fourth-order valence-corrected chi connectivity index (χ4v) is 2.01. The molecule has 0 aliphatic carbocycles. The molecule has 1 N–H and O–H groups in total. The average molecular weight is 270 g/mol. The summed E-state index contributed by atoms with van der Waals surface area (Å²) in [7, 11) is 1.84. The van der Waals surface area contributed by atoms with Crippen LogP contribution >= 0.6 is 27.5 Å². The van der Waals surface area contributed by atoms with Crippen molar-refractivity contribution in [3.05, 3.63) is 28.7 Å². The van der Waals surface area contributed by atoms with E-state index in [2.05, 4.69) is 30.6 Å². The van der Waals surface area contributed by atoms with E-state index in [1.54, 1.807) is 0 Å². The van der Waals surface area contributed by atoms with Crippen molar-refractivity contribution in [3.63, 3.8) is 0 Å². The highest BCUT2D eigenvalue weighted by Gasteiger charge is 2.04. The van der Waals surface area contributed by atoms with Crippen LogP contribution in [0.15, 0.2) is 28.7 Å². The Morgan fingerprint density at radius 3 is 2.93 bits per heavy atom. The number of nitrogens with one attached hydrogen (secondary N) is 1. The lowest BCUT2D eigenvalue weighted by Gasteiger charge is -1.95. The maximum Gasteiger partial charge on any atom is 0.202 e. The number of halogens is 1. The zero-order chi connectivity index (χ0) is 9.97. The summed E-state index contributed by atoms with van der Waals surface area (Å²) >= 11 is 4.78. The summed E-state index contributed by atoms with van der Waals surface area (Å²) in [5.41, 5.74) is 1.03. The molecule has 0 unspecified atom stereocenters. The van der Waals surface area contributed by atoms with Gasteiger partial charge in [-0.1, -0.05) is 28.1 Å². The Labute approximate surface area is 94.5 Å². The fraction of sp³-hybridized carbons (Fsp3) is 0.111. The zero-order valence-electron chi connectivity index (χ0n) is 7.49. The second kappa shape index (κ2) is 4.06. The van der Waals surface area contributed by atoms with Crippen molar-refractivity contribution in [2.24, 2.45) is 0 Å². The third-order valence-electron chi connectivity index (χ3n) is 1.72. The number of rotatable bonds is 2. The first kappa shape index (κ1) is 9.61. The molecule has 0 bridgehead atoms. The molecule has 0 amide bonds. The van der Waals surface area contributed by atoms with Crippen LogP contribution in [0.5, 0.6) is 0 Å². The minimum absolute atomic E-state index is 0.764. The molecule has 0 radical (unpaired) electrons. The van der Waals surface area contributed by atoms with Gasteiger partial charge in [0.15, 0.2) is 5.82 Å². The third kappa shape index (κ3) is 1.93. The van der Waals surface area contributed by atoms with Crippen molar-refractivity contribution in [2.75, 3.05) is 12.4 Å². The molecule has 14 heavy (non-hydrogen) atoms. The first-order chi connectivity index (χ1) is 6.79. The van der Waals surface area contributed by atoms with Crippen molar-refractivity contribution in [2.45, 2.75) is 0 Å². The normalized spacial score (nSPS) is 10.1. The summed E-state index contributed by atoms with van der Waals surface area (Å²) < 4.78 is 5.28. The van der Waals surface area contributed by atoms with Gasteiger partial charge >= 0.3 is 0 Å². The molecule has 5 heteroatoms. The molecule has 72 valence electrons. The van der Waals surface area contributed by atoms with Crippen LogP contribution < -0.4 is 5.32 Å². The Hall–Kier alpha value is -0.940. The first-order valence-electron chi connectivity index (χ1n) is 4.07. The monoisotopic (exact) mass is 269 g/mol. The molecule has 0 aliphatic heterocycles. The molecule has 1 heterocycles. The average Bonchev–Trinajstić information content (AvgIpc) is 2.66. The van der Waals surface area contributed by atoms with Crippen LogP contribution in [0.1, 0.15) is 0 Å². The minimum atomic E-state index is 0.764. The highest BCUT2D eigenvalue weighted by atomic mass is 79.9. The van der Waals surface area contributed by atoms with Crippen LogP contribution in [-0.4, -0.2) is 16.4 Å². The number of aromatic nitrogens is 2. The predicted octanol–water partition coefficient (Wildman–Crippen LogP) is 3.01. The van der Waals surface area contributed by atoms with Crippen molar-refractivity contribution in [1.29, 1.82) is 0 Å². The lowest BCUT2D eigenvalue weighted by Crippen LogP contribution is -1.86. The molecule has 0 spiro atoms. The number of hydrogen-bond acceptors (Lipinski definition) is 4. The molecule has 0 saturated heterocycles. The molecule has 1 aromatic carbocycles. The number of nitrogens with zero attached hydrogens (tertiary/aromatic N) is 2. The Kier molecular flexibility index (Phi) is 2.79. The molecule has 2 rings (SSSR count). The fourth-order valence-electron chi connectivity index (χ4n) is 1.07. The minimum Gasteiger partial charge on any atom is -0.363 e. The largest absolute Gasteiger partial charge is 0.363 e. The molecular formula is C9H8BrN3S. The van der Waals surface area contributed by atoms with Crippen LogP contribution in [0.2, 0.25) is 0 Å². The lowest BCUT2D eigenvalue weighted by molar-refractivity contribution is 1.30. The van der Waals surface area contributed by atoms with Gasteiger partial charge in [0.25, 0.3) is 0 Å². The Morgan fingerprint density at radius 1 is 1.43 bits per heavy atom. The van der Waals surface area contributed by atoms with Crippen LogP contribution in [0, 0.1) is 0 Å². The van der Waals surface area contributed by atoms with Gasteiger partial charge in [0.2, 0.25) is 5.13 Å². The Balaban J connectivity index is 2.39. The van der Waals surface area contributed by atoms with E-state index in [1.165, 1.54) is 11.5 Å². The van der Waals surface area contributed by atoms with Gasteiger partial charge < -0.3 is 5.32 Å². The quantitative estimate of drug-likeness (QED) is 0.911. The van der Waals surface area contributed by atoms with Gasteiger partial charge in [-0.3, -0.25) is 0 Å². The lowest BCUT2D eigenvalue weighted by atomic mass is 10.2. The summed E-state index contributed by atoms with van der Waals surface area (Å²) in [4.78, 5) is 4.32. The van der Waals surface area contributed by atoms with Crippen LogP contribution in [0.3, 0.4) is 0 Å². The first-order valence-corrected chi connectivity index (χ1v) is 5.63. The van der Waals surface area contributed by atoms with Crippen LogP contribution in [0.25, 0.3) is 11.4 Å². The van der Waals surface area contributed by atoms with E-state index in [4.69, 9.17) is 0 Å². The second-order valence-electron chi connectivity index (χ2n) is 2.68. The molecule has 2 aromatic rings. The van der Waals surface area contributed by atoms with Gasteiger partial charge in [-0.05, 0) is 12.1 Å². The van der Waals surface area contributed by atoms with Crippen LogP contribution in [0.4, 0.5) is 5.13 Å². The van der Waals surface area contributed by atoms with E-state index in [-0.39, 0.29) is 0 Å². The third-order valence-corrected chi connectivity index (χ3v) is 2.95. The van der Waals surface area contributed by atoms with Gasteiger partial charge in [-0.15, -0.1) is 0 Å². The SMILES string of the molecule is CNc1nc(-c2cccc(Br)c2)ns1. The smallest absolute Gasteiger partial charge is 0.202 e. The van der Waals surface area contributed by atoms with E-state index in [0.717, 1.165) is 21.0 Å². The number of benzene rings is 1. The summed E-state index contributed by atoms with van der Waals surface area (Å²) in [6, 6.07) is 7.95. The number of hydrogen-bond donors (Lipinski definition) is 1. The maximum atomic E-state index is 4.32. The molecule has 0 fully saturated rings. The predicted molar refractivity (Wildman–Crippen MR) is 62.6 cm³/mol. The zero-order valence-corrected chi connectivity index (χ0v) is 9.89. The second-order valence-corrected chi connectivity index (χ2v) is 4.35. The standard InChI is InChI=1S/C9H8BrN3S/c1-11-9-12-8(13-14-9)6-3-2-4-7(10)5-6/h2-5H,1H3,(H,11,12,13). The highest BCUT2D eigenvalue weighted by Crippen LogP contribution is 2.23. The van der Waals surface area contributed by atoms with E-state index >= 15 is 0 Å². The summed E-state index contributed by atoms with van der Waals surface area (Å²) in [5.74, 6) is 0.764. The topological polar surface area (TPSA) is 37.8 Å². The summed E-state index contributed by atoms with van der Waals surface area (Å²) in [6.45, 7) is 0. The molecular weight excluding hydrogens is 262 g/mol.